The van der Waals surface area contributed by atoms with Crippen LogP contribution in [0.15, 0.2) is 83.6 Å². The summed E-state index contributed by atoms with van der Waals surface area (Å²) in [6.45, 7) is 1.97. The lowest BCUT2D eigenvalue weighted by atomic mass is 9.73. The van der Waals surface area contributed by atoms with Crippen LogP contribution in [0.1, 0.15) is 41.9 Å². The Hall–Kier alpha value is -4.03. The van der Waals surface area contributed by atoms with Crippen LogP contribution in [0.25, 0.3) is 5.76 Å². The molecule has 0 fully saturated rings. The van der Waals surface area contributed by atoms with Crippen molar-refractivity contribution in [2.75, 3.05) is 19.1 Å². The fourth-order valence-corrected chi connectivity index (χ4v) is 5.52. The highest BCUT2D eigenvalue weighted by atomic mass is 35.5. The Morgan fingerprint density at radius 2 is 1.79 bits per heavy atom. The summed E-state index contributed by atoms with van der Waals surface area (Å²) in [7, 11) is 3.14. The van der Waals surface area contributed by atoms with E-state index in [-0.39, 0.29) is 17.4 Å². The van der Waals surface area contributed by atoms with Crippen LogP contribution in [0.4, 0.5) is 5.69 Å². The van der Waals surface area contributed by atoms with Crippen molar-refractivity contribution in [3.8, 4) is 11.5 Å². The summed E-state index contributed by atoms with van der Waals surface area (Å²) < 4.78 is 11.2. The third-order valence-electron chi connectivity index (χ3n) is 7.15. The molecule has 0 bridgehead atoms. The second-order valence-electron chi connectivity index (χ2n) is 9.47. The largest absolute Gasteiger partial charge is 0.507 e. The minimum atomic E-state index is -0.730. The van der Waals surface area contributed by atoms with Gasteiger partial charge in [-0.2, -0.15) is 0 Å². The lowest BCUT2D eigenvalue weighted by molar-refractivity contribution is -0.116. The van der Waals surface area contributed by atoms with Crippen molar-refractivity contribution in [2.45, 2.75) is 32.1 Å². The van der Waals surface area contributed by atoms with Crippen LogP contribution in [-0.4, -0.2) is 30.9 Å². The third kappa shape index (κ3) is 4.45. The molecule has 3 aromatic rings. The van der Waals surface area contributed by atoms with Gasteiger partial charge in [0.05, 0.1) is 20.1 Å². The number of ketones is 1. The zero-order valence-corrected chi connectivity index (χ0v) is 22.3. The minimum Gasteiger partial charge on any atom is -0.507 e. The summed E-state index contributed by atoms with van der Waals surface area (Å²) in [6.07, 6.45) is 1.67. The van der Waals surface area contributed by atoms with Gasteiger partial charge in [-0.15, -0.1) is 0 Å². The Labute approximate surface area is 227 Å². The van der Waals surface area contributed by atoms with Crippen LogP contribution in [0, 0.1) is 12.3 Å². The summed E-state index contributed by atoms with van der Waals surface area (Å²) in [4.78, 5) is 15.5. The zero-order valence-electron chi connectivity index (χ0n) is 21.5. The van der Waals surface area contributed by atoms with E-state index in [4.69, 9.17) is 21.1 Å². The van der Waals surface area contributed by atoms with Gasteiger partial charge in [0.1, 0.15) is 23.1 Å². The summed E-state index contributed by atoms with van der Waals surface area (Å²) in [5.74, 6) is 0.390. The van der Waals surface area contributed by atoms with Crippen LogP contribution in [-0.2, 0) is 4.79 Å². The number of carbonyl (C=O) groups is 1. The molecular formula is C31H29ClN2O4. The number of amidine groups is 1. The molecule has 0 aromatic heterocycles. The number of nitrogens with zero attached hydrogens (tertiary/aromatic N) is 1. The van der Waals surface area contributed by atoms with Crippen molar-refractivity contribution < 1.29 is 19.4 Å². The first-order valence-electron chi connectivity index (χ1n) is 12.5. The number of allylic oxidation sites excluding steroid dienone is 2. The van der Waals surface area contributed by atoms with Crippen LogP contribution in [0.2, 0.25) is 5.02 Å². The maximum atomic E-state index is 13.7. The van der Waals surface area contributed by atoms with E-state index in [0.29, 0.717) is 63.7 Å². The number of aliphatic hydroxyl groups is 1. The van der Waals surface area contributed by atoms with Crippen LogP contribution < -0.4 is 14.4 Å². The second-order valence-corrected chi connectivity index (χ2v) is 9.91. The van der Waals surface area contributed by atoms with E-state index >= 15 is 0 Å². The molecular weight excluding hydrogens is 500 g/mol. The van der Waals surface area contributed by atoms with Gasteiger partial charge in [0.25, 0.3) is 0 Å². The molecule has 194 valence electrons. The Morgan fingerprint density at radius 3 is 2.47 bits per heavy atom. The van der Waals surface area contributed by atoms with Crippen molar-refractivity contribution in [1.29, 1.82) is 5.41 Å². The summed E-state index contributed by atoms with van der Waals surface area (Å²) in [5, 5.41) is 21.8. The molecule has 38 heavy (non-hydrogen) atoms. The van der Waals surface area contributed by atoms with Gasteiger partial charge in [0.2, 0.25) is 0 Å². The Kier molecular flexibility index (Phi) is 7.00. The Balaban J connectivity index is 1.87. The second kappa shape index (κ2) is 10.4. The number of hydrogen-bond donors (Lipinski definition) is 2. The van der Waals surface area contributed by atoms with E-state index in [1.54, 1.807) is 43.4 Å². The average molecular weight is 529 g/mol. The van der Waals surface area contributed by atoms with E-state index in [1.165, 1.54) is 0 Å². The van der Waals surface area contributed by atoms with E-state index in [1.807, 2.05) is 49.4 Å². The summed E-state index contributed by atoms with van der Waals surface area (Å²) >= 11 is 6.35. The number of hydrogen-bond acceptors (Lipinski definition) is 5. The first kappa shape index (κ1) is 25.6. The van der Waals surface area contributed by atoms with Gasteiger partial charge >= 0.3 is 0 Å². The molecule has 0 saturated carbocycles. The predicted molar refractivity (Wildman–Crippen MR) is 151 cm³/mol. The molecule has 0 amide bonds. The lowest BCUT2D eigenvalue weighted by Crippen LogP contribution is -2.42. The predicted octanol–water partition coefficient (Wildman–Crippen LogP) is 7.22. The molecule has 0 radical (unpaired) electrons. The number of ether oxygens (including phenoxy) is 2. The van der Waals surface area contributed by atoms with Crippen molar-refractivity contribution in [3.05, 3.63) is 105 Å². The number of halogens is 1. The Morgan fingerprint density at radius 1 is 1.03 bits per heavy atom. The lowest BCUT2D eigenvalue weighted by Gasteiger charge is -2.42. The quantitative estimate of drug-likeness (QED) is 0.341. The standard InChI is InChI=1S/C31H29ClN2O4/c1-18-10-12-19(13-11-18)30(36)29-27(23-17-22(37-2)14-15-26(23)38-3)28-24(8-5-9-25(28)35)34(31(29)33)21-7-4-6-20(32)16-21/h4,6-7,10-17,27,33,36H,5,8-9H2,1-3H3/b30-29+,33-31?/t27-/m0/s1. The van der Waals surface area contributed by atoms with Crippen molar-refractivity contribution >= 4 is 34.7 Å². The fourth-order valence-electron chi connectivity index (χ4n) is 5.33. The topological polar surface area (TPSA) is 82.9 Å². The van der Waals surface area contributed by atoms with Crippen LogP contribution in [0.3, 0.4) is 0 Å². The van der Waals surface area contributed by atoms with Crippen LogP contribution >= 0.6 is 11.6 Å². The van der Waals surface area contributed by atoms with Gasteiger partial charge in [0.15, 0.2) is 5.78 Å². The highest BCUT2D eigenvalue weighted by Gasteiger charge is 2.44. The van der Waals surface area contributed by atoms with Gasteiger partial charge in [-0.05, 0) is 56.2 Å². The molecule has 2 N–H and O–H groups in total. The molecule has 2 aliphatic rings. The SMILES string of the molecule is COc1ccc(OC)c([C@H]2C3=C(CCCC3=O)N(c3cccc(Cl)c3)C(=N)/C2=C(/O)c2ccc(C)cc2)c1. The van der Waals surface area contributed by atoms with Gasteiger partial charge in [0, 0.05) is 45.1 Å². The molecule has 7 heteroatoms. The van der Waals surface area contributed by atoms with Gasteiger partial charge < -0.3 is 14.6 Å². The van der Waals surface area contributed by atoms with Crippen molar-refractivity contribution in [2.24, 2.45) is 0 Å². The molecule has 5 rings (SSSR count). The van der Waals surface area contributed by atoms with E-state index < -0.39 is 5.92 Å². The fraction of sp³-hybridized carbons (Fsp3) is 0.226. The summed E-state index contributed by atoms with van der Waals surface area (Å²) in [6, 6.07) is 20.1. The molecule has 1 aliphatic carbocycles. The third-order valence-corrected chi connectivity index (χ3v) is 7.38. The smallest absolute Gasteiger partial charge is 0.161 e. The zero-order chi connectivity index (χ0) is 27.0. The Bertz CT molecular complexity index is 1490. The van der Waals surface area contributed by atoms with Gasteiger partial charge in [-0.1, -0.05) is 47.5 Å². The maximum absolute atomic E-state index is 13.7. The highest BCUT2D eigenvalue weighted by Crippen LogP contribution is 2.50. The number of methoxy groups -OCH3 is 2. The van der Waals surface area contributed by atoms with E-state index in [2.05, 4.69) is 0 Å². The van der Waals surface area contributed by atoms with E-state index in [9.17, 15) is 15.3 Å². The number of aryl methyl sites for hydroxylation is 1. The maximum Gasteiger partial charge on any atom is 0.161 e. The number of carbonyl (C=O) groups excluding carboxylic acids is 1. The van der Waals surface area contributed by atoms with Crippen molar-refractivity contribution in [1.82, 2.24) is 0 Å². The molecule has 6 nitrogen and oxygen atoms in total. The molecule has 0 saturated heterocycles. The normalized spacial score (nSPS) is 18.8. The highest BCUT2D eigenvalue weighted by molar-refractivity contribution is 6.31. The number of aliphatic hydroxyl groups excluding tert-OH is 1. The minimum absolute atomic E-state index is 0.0187. The number of nitrogens with one attached hydrogen (secondary N) is 1. The number of Topliss-reactive ketones (excluding diaryl/α,β-unsaturated/α-hetero) is 1. The first-order chi connectivity index (χ1) is 18.3. The number of benzene rings is 3. The molecule has 0 unspecified atom stereocenters. The molecule has 1 aliphatic heterocycles. The van der Waals surface area contributed by atoms with E-state index in [0.717, 1.165) is 11.3 Å². The van der Waals surface area contributed by atoms with Crippen LogP contribution in [0.5, 0.6) is 11.5 Å². The van der Waals surface area contributed by atoms with Gasteiger partial charge in [-0.3, -0.25) is 15.1 Å². The number of anilines is 1. The van der Waals surface area contributed by atoms with Gasteiger partial charge in [-0.25, -0.2) is 0 Å². The monoisotopic (exact) mass is 528 g/mol. The average Bonchev–Trinajstić information content (AvgIpc) is 2.92. The summed E-state index contributed by atoms with van der Waals surface area (Å²) in [5.41, 5.74) is 4.52. The first-order valence-corrected chi connectivity index (χ1v) is 12.8. The molecule has 3 aromatic carbocycles. The number of rotatable bonds is 5. The molecule has 1 atom stereocenters. The molecule has 1 heterocycles. The van der Waals surface area contributed by atoms with Crippen molar-refractivity contribution in [3.63, 3.8) is 0 Å². The molecule has 0 spiro atoms.